The lowest BCUT2D eigenvalue weighted by atomic mass is 9.77. The van der Waals surface area contributed by atoms with Crippen LogP contribution in [0, 0.1) is 5.41 Å². The fourth-order valence-electron chi connectivity index (χ4n) is 3.25. The number of nitrogens with zero attached hydrogens (tertiary/aromatic N) is 2. The molecule has 0 aromatic carbocycles. The topological polar surface area (TPSA) is 119 Å². The van der Waals surface area contributed by atoms with E-state index in [4.69, 9.17) is 10.9 Å². The van der Waals surface area contributed by atoms with Crippen molar-refractivity contribution in [3.63, 3.8) is 0 Å². The van der Waals surface area contributed by atoms with Gasteiger partial charge < -0.3 is 26.1 Å². The van der Waals surface area contributed by atoms with Crippen molar-refractivity contribution in [2.24, 2.45) is 16.3 Å². The van der Waals surface area contributed by atoms with Gasteiger partial charge >= 0.3 is 0 Å². The summed E-state index contributed by atoms with van der Waals surface area (Å²) < 4.78 is 0. The van der Waals surface area contributed by atoms with Gasteiger partial charge in [-0.15, -0.1) is 0 Å². The van der Waals surface area contributed by atoms with Gasteiger partial charge in [-0.05, 0) is 12.8 Å². The number of hydrogen-bond acceptors (Lipinski definition) is 5. The van der Waals surface area contributed by atoms with Crippen molar-refractivity contribution in [3.05, 3.63) is 0 Å². The number of carbonyl (C=O) groups is 1. The third-order valence-electron chi connectivity index (χ3n) is 4.51. The average molecular weight is 285 g/mol. The van der Waals surface area contributed by atoms with Gasteiger partial charge in [0.05, 0.1) is 12.2 Å². The van der Waals surface area contributed by atoms with E-state index in [1.807, 2.05) is 0 Å². The van der Waals surface area contributed by atoms with Gasteiger partial charge in [-0.1, -0.05) is 30.8 Å². The number of oxime groups is 1. The molecule has 1 saturated carbocycles. The highest BCUT2D eigenvalue weighted by molar-refractivity contribution is 6.06. The van der Waals surface area contributed by atoms with E-state index in [2.05, 4.69) is 5.16 Å². The first-order valence-electron chi connectivity index (χ1n) is 7.15. The first-order valence-corrected chi connectivity index (χ1v) is 7.15. The number of nitrogens with two attached hydrogens (primary N) is 1. The first-order chi connectivity index (χ1) is 9.51. The number of aliphatic hydroxyl groups is 2. The van der Waals surface area contributed by atoms with Crippen LogP contribution in [0.15, 0.2) is 5.16 Å². The largest absolute Gasteiger partial charge is 0.409 e. The zero-order valence-electron chi connectivity index (χ0n) is 11.5. The van der Waals surface area contributed by atoms with Crippen LogP contribution in [0.3, 0.4) is 0 Å². The molecule has 0 aromatic rings. The maximum absolute atomic E-state index is 12.8. The van der Waals surface area contributed by atoms with Gasteiger partial charge in [-0.3, -0.25) is 4.79 Å². The van der Waals surface area contributed by atoms with Gasteiger partial charge in [0, 0.05) is 13.1 Å². The number of likely N-dealkylation sites (tertiary alicyclic amines) is 1. The molecule has 0 radical (unpaired) electrons. The molecule has 1 heterocycles. The quantitative estimate of drug-likeness (QED) is 0.181. The SMILES string of the molecule is NC(=NO)C1(C(=O)N2CC(O)C(O)C2)CCCCCC1. The fraction of sp³-hybridized carbons (Fsp3) is 0.846. The highest BCUT2D eigenvalue weighted by atomic mass is 16.4. The minimum Gasteiger partial charge on any atom is -0.409 e. The second-order valence-corrected chi connectivity index (χ2v) is 5.83. The first kappa shape index (κ1) is 15.1. The highest BCUT2D eigenvalue weighted by Gasteiger charge is 2.47. The van der Waals surface area contributed by atoms with Crippen LogP contribution in [-0.4, -0.2) is 57.4 Å². The normalized spacial score (nSPS) is 31.1. The Morgan fingerprint density at radius 3 is 2.05 bits per heavy atom. The molecule has 2 rings (SSSR count). The fourth-order valence-corrected chi connectivity index (χ4v) is 3.25. The maximum atomic E-state index is 12.8. The molecule has 7 heteroatoms. The van der Waals surface area contributed by atoms with Crippen LogP contribution in [-0.2, 0) is 4.79 Å². The van der Waals surface area contributed by atoms with Crippen LogP contribution in [0.25, 0.3) is 0 Å². The van der Waals surface area contributed by atoms with E-state index >= 15 is 0 Å². The van der Waals surface area contributed by atoms with Crippen molar-refractivity contribution in [1.82, 2.24) is 4.90 Å². The Morgan fingerprint density at radius 1 is 1.10 bits per heavy atom. The zero-order chi connectivity index (χ0) is 14.8. The van der Waals surface area contributed by atoms with Crippen molar-refractivity contribution in [2.75, 3.05) is 13.1 Å². The number of amidine groups is 1. The molecule has 114 valence electrons. The Labute approximate surface area is 118 Å². The number of carbonyl (C=O) groups excluding carboxylic acids is 1. The summed E-state index contributed by atoms with van der Waals surface area (Å²) in [5.41, 5.74) is 4.83. The molecule has 2 aliphatic rings. The summed E-state index contributed by atoms with van der Waals surface area (Å²) in [6.07, 6.45) is 3.00. The summed E-state index contributed by atoms with van der Waals surface area (Å²) in [5, 5.41) is 31.3. The van der Waals surface area contributed by atoms with Gasteiger partial charge in [0.25, 0.3) is 0 Å². The molecule has 2 unspecified atom stereocenters. The van der Waals surface area contributed by atoms with E-state index in [0.717, 1.165) is 25.7 Å². The third kappa shape index (κ3) is 2.60. The second-order valence-electron chi connectivity index (χ2n) is 5.83. The van der Waals surface area contributed by atoms with E-state index < -0.39 is 17.6 Å². The molecule has 20 heavy (non-hydrogen) atoms. The Balaban J connectivity index is 2.24. The number of rotatable bonds is 2. The van der Waals surface area contributed by atoms with Crippen LogP contribution in [0.1, 0.15) is 38.5 Å². The highest BCUT2D eigenvalue weighted by Crippen LogP contribution is 2.38. The summed E-state index contributed by atoms with van der Waals surface area (Å²) in [7, 11) is 0. The minimum absolute atomic E-state index is 0.0553. The second kappa shape index (κ2) is 5.97. The smallest absolute Gasteiger partial charge is 0.236 e. The standard InChI is InChI=1S/C13H23N3O4/c14-11(15-20)13(5-3-1-2-4-6-13)12(19)16-7-9(17)10(18)8-16/h9-10,17-18,20H,1-8H2,(H2,14,15). The molecule has 1 amide bonds. The molecule has 0 aromatic heterocycles. The van der Waals surface area contributed by atoms with E-state index in [1.165, 1.54) is 4.90 Å². The molecule has 1 aliphatic carbocycles. The van der Waals surface area contributed by atoms with Gasteiger partial charge in [-0.25, -0.2) is 0 Å². The number of hydrogen-bond donors (Lipinski definition) is 4. The lowest BCUT2D eigenvalue weighted by Gasteiger charge is -2.33. The Bertz CT molecular complexity index is 381. The van der Waals surface area contributed by atoms with Gasteiger partial charge in [-0.2, -0.15) is 0 Å². The molecule has 2 fully saturated rings. The summed E-state index contributed by atoms with van der Waals surface area (Å²) in [6.45, 7) is 0.195. The lowest BCUT2D eigenvalue weighted by molar-refractivity contribution is -0.138. The van der Waals surface area contributed by atoms with Crippen molar-refractivity contribution < 1.29 is 20.2 Å². The molecular formula is C13H23N3O4. The molecule has 7 nitrogen and oxygen atoms in total. The van der Waals surface area contributed by atoms with Crippen LogP contribution in [0.5, 0.6) is 0 Å². The number of amides is 1. The molecular weight excluding hydrogens is 262 g/mol. The average Bonchev–Trinajstić information content (AvgIpc) is 2.68. The predicted molar refractivity (Wildman–Crippen MR) is 72.1 cm³/mol. The molecule has 5 N–H and O–H groups in total. The van der Waals surface area contributed by atoms with E-state index in [1.54, 1.807) is 0 Å². The minimum atomic E-state index is -0.991. The molecule has 0 bridgehead atoms. The summed E-state index contributed by atoms with van der Waals surface area (Å²) in [4.78, 5) is 14.2. The Morgan fingerprint density at radius 2 is 1.60 bits per heavy atom. The van der Waals surface area contributed by atoms with Crippen molar-refractivity contribution in [2.45, 2.75) is 50.7 Å². The summed E-state index contributed by atoms with van der Waals surface area (Å²) >= 11 is 0. The van der Waals surface area contributed by atoms with Crippen LogP contribution in [0.2, 0.25) is 0 Å². The van der Waals surface area contributed by atoms with Crippen molar-refractivity contribution >= 4 is 11.7 Å². The van der Waals surface area contributed by atoms with E-state index in [-0.39, 0.29) is 24.8 Å². The van der Waals surface area contributed by atoms with Gasteiger partial charge in [0.1, 0.15) is 5.41 Å². The Kier molecular flexibility index (Phi) is 4.49. The van der Waals surface area contributed by atoms with E-state index in [0.29, 0.717) is 12.8 Å². The number of β-amino-alcohol motifs (C(OH)–C–C–N with tert-alkyl or cyclic N) is 2. The summed E-state index contributed by atoms with van der Waals surface area (Å²) in [6, 6.07) is 0. The molecule has 0 spiro atoms. The predicted octanol–water partition coefficient (Wildman–Crippen LogP) is -0.363. The van der Waals surface area contributed by atoms with Crippen LogP contribution >= 0.6 is 0 Å². The summed E-state index contributed by atoms with van der Waals surface area (Å²) in [5.74, 6) is -0.300. The van der Waals surface area contributed by atoms with Crippen LogP contribution < -0.4 is 5.73 Å². The van der Waals surface area contributed by atoms with Gasteiger partial charge in [0.15, 0.2) is 5.84 Å². The molecule has 1 aliphatic heterocycles. The van der Waals surface area contributed by atoms with Crippen molar-refractivity contribution in [1.29, 1.82) is 0 Å². The van der Waals surface area contributed by atoms with Crippen LogP contribution in [0.4, 0.5) is 0 Å². The zero-order valence-corrected chi connectivity index (χ0v) is 11.5. The van der Waals surface area contributed by atoms with Gasteiger partial charge in [0.2, 0.25) is 5.91 Å². The molecule has 2 atom stereocenters. The Hall–Kier alpha value is -1.34. The maximum Gasteiger partial charge on any atom is 0.236 e. The monoisotopic (exact) mass is 285 g/mol. The molecule has 1 saturated heterocycles. The third-order valence-corrected chi connectivity index (χ3v) is 4.51. The van der Waals surface area contributed by atoms with Crippen molar-refractivity contribution in [3.8, 4) is 0 Å². The van der Waals surface area contributed by atoms with E-state index in [9.17, 15) is 15.0 Å². The lowest BCUT2D eigenvalue weighted by Crippen LogP contribution is -2.51. The number of aliphatic hydroxyl groups excluding tert-OH is 2.